The molecule has 28 heavy (non-hydrogen) atoms. The smallest absolute Gasteiger partial charge is 0.191 e. The van der Waals surface area contributed by atoms with Crippen LogP contribution < -0.4 is 10.6 Å². The van der Waals surface area contributed by atoms with E-state index in [9.17, 15) is 8.42 Å². The van der Waals surface area contributed by atoms with Crippen molar-refractivity contribution in [2.45, 2.75) is 90.1 Å². The summed E-state index contributed by atoms with van der Waals surface area (Å²) in [6.07, 6.45) is 12.2. The second kappa shape index (κ2) is 11.4. The lowest BCUT2D eigenvalue weighted by molar-refractivity contribution is 0.243. The molecule has 164 valence electrons. The van der Waals surface area contributed by atoms with E-state index in [-0.39, 0.29) is 29.9 Å². The van der Waals surface area contributed by atoms with Crippen LogP contribution in [0.1, 0.15) is 78.1 Å². The van der Waals surface area contributed by atoms with Crippen LogP contribution in [0.15, 0.2) is 4.99 Å². The maximum Gasteiger partial charge on any atom is 0.191 e. The second-order valence-electron chi connectivity index (χ2n) is 9.45. The van der Waals surface area contributed by atoms with Gasteiger partial charge in [0, 0.05) is 18.6 Å². The van der Waals surface area contributed by atoms with Crippen LogP contribution in [0.25, 0.3) is 0 Å². The molecule has 2 aliphatic carbocycles. The van der Waals surface area contributed by atoms with E-state index >= 15 is 0 Å². The molecule has 0 spiro atoms. The van der Waals surface area contributed by atoms with Crippen molar-refractivity contribution in [3.63, 3.8) is 0 Å². The maximum absolute atomic E-state index is 11.7. The molecule has 1 saturated heterocycles. The SMILES string of the molecule is CC(C)C1CCCC(NC(=NCC2CCS(=O)(=O)C2)NC2CCCCC2)C1.I. The average molecular weight is 526 g/mol. The van der Waals surface area contributed by atoms with Gasteiger partial charge in [-0.1, -0.05) is 46.0 Å². The highest BCUT2D eigenvalue weighted by molar-refractivity contribution is 14.0. The fraction of sp³-hybridized carbons (Fsp3) is 0.952. The summed E-state index contributed by atoms with van der Waals surface area (Å²) in [5.74, 6) is 3.31. The molecule has 1 aliphatic heterocycles. The van der Waals surface area contributed by atoms with Gasteiger partial charge in [-0.05, 0) is 49.9 Å². The highest BCUT2D eigenvalue weighted by Crippen LogP contribution is 2.30. The van der Waals surface area contributed by atoms with Crippen molar-refractivity contribution in [2.75, 3.05) is 18.1 Å². The molecule has 3 unspecified atom stereocenters. The predicted octanol–water partition coefficient (Wildman–Crippen LogP) is 4.12. The Bertz CT molecular complexity index is 603. The number of guanidine groups is 1. The van der Waals surface area contributed by atoms with Crippen LogP contribution >= 0.6 is 24.0 Å². The van der Waals surface area contributed by atoms with E-state index in [0.717, 1.165) is 24.2 Å². The first kappa shape index (κ1) is 24.2. The predicted molar refractivity (Wildman–Crippen MR) is 128 cm³/mol. The molecule has 0 amide bonds. The summed E-state index contributed by atoms with van der Waals surface area (Å²) in [6, 6.07) is 1.01. The summed E-state index contributed by atoms with van der Waals surface area (Å²) in [7, 11) is -2.82. The minimum Gasteiger partial charge on any atom is -0.354 e. The third kappa shape index (κ3) is 7.65. The minimum absolute atomic E-state index is 0. The highest BCUT2D eigenvalue weighted by Gasteiger charge is 2.29. The molecule has 0 aromatic rings. The van der Waals surface area contributed by atoms with Crippen molar-refractivity contribution in [1.82, 2.24) is 10.6 Å². The van der Waals surface area contributed by atoms with E-state index in [1.165, 1.54) is 57.8 Å². The molecular formula is C21H40IN3O2S. The molecule has 0 aromatic heterocycles. The standard InChI is InChI=1S/C21H39N3O2S.HI/c1-16(2)18-7-6-10-20(13-18)24-21(23-19-8-4-3-5-9-19)22-14-17-11-12-27(25,26)15-17;/h16-20H,3-15H2,1-2H3,(H2,22,23,24);1H. The number of nitrogens with zero attached hydrogens (tertiary/aromatic N) is 1. The van der Waals surface area contributed by atoms with Gasteiger partial charge in [-0.3, -0.25) is 4.99 Å². The number of halogens is 1. The summed E-state index contributed by atoms with van der Waals surface area (Å²) in [5, 5.41) is 7.40. The van der Waals surface area contributed by atoms with Gasteiger partial charge in [0.25, 0.3) is 0 Å². The molecule has 7 heteroatoms. The number of nitrogens with one attached hydrogen (secondary N) is 2. The molecule has 3 aliphatic rings. The van der Waals surface area contributed by atoms with Gasteiger partial charge in [-0.15, -0.1) is 24.0 Å². The summed E-state index contributed by atoms with van der Waals surface area (Å²) in [4.78, 5) is 4.86. The topological polar surface area (TPSA) is 70.6 Å². The Hall–Kier alpha value is -0.0500. The molecule has 3 fully saturated rings. The quantitative estimate of drug-likeness (QED) is 0.322. The molecule has 1 heterocycles. The Morgan fingerprint density at radius 1 is 0.964 bits per heavy atom. The van der Waals surface area contributed by atoms with Crippen LogP contribution in [0.2, 0.25) is 0 Å². The van der Waals surface area contributed by atoms with Gasteiger partial charge in [0.2, 0.25) is 0 Å². The van der Waals surface area contributed by atoms with Crippen molar-refractivity contribution in [3.05, 3.63) is 0 Å². The van der Waals surface area contributed by atoms with Crippen LogP contribution in [0.5, 0.6) is 0 Å². The highest BCUT2D eigenvalue weighted by atomic mass is 127. The molecule has 0 radical (unpaired) electrons. The van der Waals surface area contributed by atoms with Crippen LogP contribution in [0.3, 0.4) is 0 Å². The molecule has 5 nitrogen and oxygen atoms in total. The molecule has 2 saturated carbocycles. The number of aliphatic imine (C=N–C) groups is 1. The molecular weight excluding hydrogens is 485 g/mol. The molecule has 3 rings (SSSR count). The lowest BCUT2D eigenvalue weighted by Gasteiger charge is -2.34. The van der Waals surface area contributed by atoms with Crippen LogP contribution in [0.4, 0.5) is 0 Å². The van der Waals surface area contributed by atoms with Crippen molar-refractivity contribution in [2.24, 2.45) is 22.7 Å². The van der Waals surface area contributed by atoms with Crippen LogP contribution in [0, 0.1) is 17.8 Å². The number of rotatable bonds is 5. The van der Waals surface area contributed by atoms with E-state index in [0.29, 0.717) is 30.1 Å². The molecule has 3 atom stereocenters. The maximum atomic E-state index is 11.7. The third-order valence-corrected chi connectivity index (χ3v) is 8.62. The largest absolute Gasteiger partial charge is 0.354 e. The molecule has 0 bridgehead atoms. The Morgan fingerprint density at radius 2 is 1.64 bits per heavy atom. The minimum atomic E-state index is -2.82. The van der Waals surface area contributed by atoms with E-state index in [4.69, 9.17) is 4.99 Å². The van der Waals surface area contributed by atoms with Crippen molar-refractivity contribution in [3.8, 4) is 0 Å². The van der Waals surface area contributed by atoms with Crippen molar-refractivity contribution < 1.29 is 8.42 Å². The molecule has 2 N–H and O–H groups in total. The molecule has 0 aromatic carbocycles. The van der Waals surface area contributed by atoms with Crippen LogP contribution in [-0.4, -0.2) is 44.5 Å². The number of sulfone groups is 1. The fourth-order valence-electron chi connectivity index (χ4n) is 4.97. The van der Waals surface area contributed by atoms with Gasteiger partial charge in [0.05, 0.1) is 11.5 Å². The van der Waals surface area contributed by atoms with Gasteiger partial charge in [-0.2, -0.15) is 0 Å². The summed E-state index contributed by atoms with van der Waals surface area (Å²) < 4.78 is 23.5. The average Bonchev–Trinajstić information content (AvgIpc) is 3.00. The van der Waals surface area contributed by atoms with E-state index in [1.807, 2.05) is 0 Å². The van der Waals surface area contributed by atoms with Crippen molar-refractivity contribution >= 4 is 39.8 Å². The Labute approximate surface area is 189 Å². The third-order valence-electron chi connectivity index (χ3n) is 6.78. The van der Waals surface area contributed by atoms with Gasteiger partial charge < -0.3 is 10.6 Å². The zero-order valence-corrected chi connectivity index (χ0v) is 20.8. The first-order valence-electron chi connectivity index (χ1n) is 11.2. The monoisotopic (exact) mass is 525 g/mol. The fourth-order valence-corrected chi connectivity index (χ4v) is 6.82. The Kier molecular flexibility index (Phi) is 9.84. The Balaban J connectivity index is 0.00000280. The van der Waals surface area contributed by atoms with Gasteiger partial charge in [-0.25, -0.2) is 8.42 Å². The van der Waals surface area contributed by atoms with E-state index < -0.39 is 9.84 Å². The normalized spacial score (nSPS) is 31.4. The van der Waals surface area contributed by atoms with Gasteiger partial charge in [0.1, 0.15) is 0 Å². The first-order valence-corrected chi connectivity index (χ1v) is 13.0. The zero-order chi connectivity index (χ0) is 19.3. The second-order valence-corrected chi connectivity index (χ2v) is 11.7. The number of hydrogen-bond donors (Lipinski definition) is 2. The van der Waals surface area contributed by atoms with Gasteiger partial charge >= 0.3 is 0 Å². The number of hydrogen-bond acceptors (Lipinski definition) is 3. The lowest BCUT2D eigenvalue weighted by atomic mass is 9.79. The first-order chi connectivity index (χ1) is 12.9. The van der Waals surface area contributed by atoms with E-state index in [1.54, 1.807) is 0 Å². The lowest BCUT2D eigenvalue weighted by Crippen LogP contribution is -2.49. The van der Waals surface area contributed by atoms with Crippen LogP contribution in [-0.2, 0) is 9.84 Å². The van der Waals surface area contributed by atoms with Crippen molar-refractivity contribution in [1.29, 1.82) is 0 Å². The Morgan fingerprint density at radius 3 is 2.29 bits per heavy atom. The van der Waals surface area contributed by atoms with E-state index in [2.05, 4.69) is 24.5 Å². The summed E-state index contributed by atoms with van der Waals surface area (Å²) in [6.45, 7) is 5.30. The summed E-state index contributed by atoms with van der Waals surface area (Å²) >= 11 is 0. The summed E-state index contributed by atoms with van der Waals surface area (Å²) in [5.41, 5.74) is 0. The zero-order valence-electron chi connectivity index (χ0n) is 17.7. The van der Waals surface area contributed by atoms with Gasteiger partial charge in [0.15, 0.2) is 15.8 Å².